The lowest BCUT2D eigenvalue weighted by molar-refractivity contribution is 0.0696. The minimum atomic E-state index is -0.975. The Hall–Kier alpha value is -1.63. The van der Waals surface area contributed by atoms with Gasteiger partial charge in [0.2, 0.25) is 5.88 Å². The molecule has 0 amide bonds. The summed E-state index contributed by atoms with van der Waals surface area (Å²) in [6.07, 6.45) is 1.63. The average molecular weight is 383 g/mol. The standard InChI is InChI=1S/C15H14INO3/c1-2-3-12-8-10(15(18)19)9-14(17-12)20-13-6-4-11(16)5-7-13/h4-9H,2-3H2,1H3,(H,18,19). The third kappa shape index (κ3) is 3.93. The molecule has 1 N–H and O–H groups in total. The van der Waals surface area contributed by atoms with E-state index in [1.807, 2.05) is 31.2 Å². The number of carboxylic acids is 1. The van der Waals surface area contributed by atoms with E-state index in [-0.39, 0.29) is 5.56 Å². The smallest absolute Gasteiger partial charge is 0.335 e. The van der Waals surface area contributed by atoms with Gasteiger partial charge in [-0.2, -0.15) is 0 Å². The number of carbonyl (C=O) groups is 1. The second-order valence-corrected chi connectivity index (χ2v) is 5.54. The second kappa shape index (κ2) is 6.69. The molecule has 0 aliphatic carbocycles. The molecule has 104 valence electrons. The minimum absolute atomic E-state index is 0.198. The number of hydrogen-bond donors (Lipinski definition) is 1. The largest absolute Gasteiger partial charge is 0.478 e. The predicted octanol–water partition coefficient (Wildman–Crippen LogP) is 4.13. The van der Waals surface area contributed by atoms with Gasteiger partial charge >= 0.3 is 5.97 Å². The highest BCUT2D eigenvalue weighted by Gasteiger charge is 2.09. The summed E-state index contributed by atoms with van der Waals surface area (Å²) in [5.41, 5.74) is 0.928. The van der Waals surface area contributed by atoms with Gasteiger partial charge in [-0.15, -0.1) is 0 Å². The van der Waals surface area contributed by atoms with Crippen molar-refractivity contribution >= 4 is 28.6 Å². The Bertz CT molecular complexity index is 611. The van der Waals surface area contributed by atoms with Crippen LogP contribution >= 0.6 is 22.6 Å². The molecule has 0 aliphatic heterocycles. The molecule has 0 radical (unpaired) electrons. The molecule has 0 fully saturated rings. The van der Waals surface area contributed by atoms with Crippen LogP contribution in [-0.4, -0.2) is 16.1 Å². The fourth-order valence-electron chi connectivity index (χ4n) is 1.74. The third-order valence-electron chi connectivity index (χ3n) is 2.64. The van der Waals surface area contributed by atoms with Crippen molar-refractivity contribution in [2.24, 2.45) is 0 Å². The molecular weight excluding hydrogens is 369 g/mol. The van der Waals surface area contributed by atoms with E-state index in [1.165, 1.54) is 6.07 Å². The van der Waals surface area contributed by atoms with Crippen LogP contribution in [0.15, 0.2) is 36.4 Å². The molecule has 1 heterocycles. The van der Waals surface area contributed by atoms with Crippen LogP contribution in [0.25, 0.3) is 0 Å². The van der Waals surface area contributed by atoms with Crippen molar-refractivity contribution in [2.45, 2.75) is 19.8 Å². The number of halogens is 1. The Balaban J connectivity index is 2.29. The number of hydrogen-bond acceptors (Lipinski definition) is 3. The van der Waals surface area contributed by atoms with Crippen LogP contribution in [0.1, 0.15) is 29.4 Å². The van der Waals surface area contributed by atoms with Crippen molar-refractivity contribution in [1.82, 2.24) is 4.98 Å². The monoisotopic (exact) mass is 383 g/mol. The maximum absolute atomic E-state index is 11.1. The van der Waals surface area contributed by atoms with Gasteiger partial charge in [-0.05, 0) is 59.3 Å². The van der Waals surface area contributed by atoms with Gasteiger partial charge < -0.3 is 9.84 Å². The van der Waals surface area contributed by atoms with Crippen LogP contribution < -0.4 is 4.74 Å². The summed E-state index contributed by atoms with van der Waals surface area (Å²) < 4.78 is 6.74. The van der Waals surface area contributed by atoms with Gasteiger partial charge in [-0.25, -0.2) is 9.78 Å². The Morgan fingerprint density at radius 3 is 2.60 bits per heavy atom. The first-order valence-corrected chi connectivity index (χ1v) is 7.34. The van der Waals surface area contributed by atoms with Crippen molar-refractivity contribution in [3.8, 4) is 11.6 Å². The highest BCUT2D eigenvalue weighted by Crippen LogP contribution is 2.22. The molecule has 0 spiro atoms. The fourth-order valence-corrected chi connectivity index (χ4v) is 2.10. The number of nitrogens with zero attached hydrogens (tertiary/aromatic N) is 1. The molecule has 0 unspecified atom stereocenters. The van der Waals surface area contributed by atoms with Gasteiger partial charge in [0, 0.05) is 15.3 Å². The Labute approximate surface area is 130 Å². The number of pyridine rings is 1. The maximum Gasteiger partial charge on any atom is 0.335 e. The molecular formula is C15H14INO3. The van der Waals surface area contributed by atoms with E-state index < -0.39 is 5.97 Å². The summed E-state index contributed by atoms with van der Waals surface area (Å²) in [4.78, 5) is 15.5. The summed E-state index contributed by atoms with van der Waals surface area (Å²) in [5, 5.41) is 9.12. The highest BCUT2D eigenvalue weighted by molar-refractivity contribution is 14.1. The van der Waals surface area contributed by atoms with E-state index in [1.54, 1.807) is 6.07 Å². The first kappa shape index (κ1) is 14.8. The number of aromatic carboxylic acids is 1. The van der Waals surface area contributed by atoms with E-state index in [9.17, 15) is 4.79 Å². The normalized spacial score (nSPS) is 10.3. The molecule has 4 nitrogen and oxygen atoms in total. The lowest BCUT2D eigenvalue weighted by atomic mass is 10.1. The molecule has 2 rings (SSSR count). The van der Waals surface area contributed by atoms with Crippen molar-refractivity contribution in [1.29, 1.82) is 0 Å². The quantitative estimate of drug-likeness (QED) is 0.789. The van der Waals surface area contributed by atoms with Crippen LogP contribution in [-0.2, 0) is 6.42 Å². The molecule has 20 heavy (non-hydrogen) atoms. The van der Waals surface area contributed by atoms with Gasteiger partial charge in [0.05, 0.1) is 5.56 Å². The molecule has 1 aromatic carbocycles. The SMILES string of the molecule is CCCc1cc(C(=O)O)cc(Oc2ccc(I)cc2)n1. The molecule has 0 atom stereocenters. The maximum atomic E-state index is 11.1. The average Bonchev–Trinajstić information content (AvgIpc) is 2.41. The zero-order chi connectivity index (χ0) is 14.5. The van der Waals surface area contributed by atoms with E-state index >= 15 is 0 Å². The number of aryl methyl sites for hydroxylation is 1. The topological polar surface area (TPSA) is 59.4 Å². The number of aromatic nitrogens is 1. The summed E-state index contributed by atoms with van der Waals surface area (Å²) in [7, 11) is 0. The van der Waals surface area contributed by atoms with Crippen LogP contribution in [0, 0.1) is 3.57 Å². The van der Waals surface area contributed by atoms with Crippen LogP contribution in [0.4, 0.5) is 0 Å². The van der Waals surface area contributed by atoms with Crippen molar-refractivity contribution in [3.63, 3.8) is 0 Å². The number of carboxylic acid groups (broad SMARTS) is 1. The third-order valence-corrected chi connectivity index (χ3v) is 3.36. The van der Waals surface area contributed by atoms with E-state index in [0.717, 1.165) is 22.1 Å². The van der Waals surface area contributed by atoms with Gasteiger partial charge in [0.25, 0.3) is 0 Å². The fraction of sp³-hybridized carbons (Fsp3) is 0.200. The van der Waals surface area contributed by atoms with Gasteiger partial charge in [0.15, 0.2) is 0 Å². The highest BCUT2D eigenvalue weighted by atomic mass is 127. The summed E-state index contributed by atoms with van der Waals surface area (Å²) >= 11 is 2.21. The Morgan fingerprint density at radius 2 is 2.00 bits per heavy atom. The van der Waals surface area contributed by atoms with Crippen LogP contribution in [0.2, 0.25) is 0 Å². The molecule has 5 heteroatoms. The lowest BCUT2D eigenvalue weighted by Crippen LogP contribution is -2.02. The molecule has 0 saturated carbocycles. The van der Waals surface area contributed by atoms with Gasteiger partial charge in [-0.1, -0.05) is 13.3 Å². The van der Waals surface area contributed by atoms with E-state index in [4.69, 9.17) is 9.84 Å². The lowest BCUT2D eigenvalue weighted by Gasteiger charge is -2.08. The molecule has 0 bridgehead atoms. The van der Waals surface area contributed by atoms with Crippen LogP contribution in [0.3, 0.4) is 0 Å². The first-order valence-electron chi connectivity index (χ1n) is 6.26. The summed E-state index contributed by atoms with van der Waals surface area (Å²) in [6.45, 7) is 2.02. The number of rotatable bonds is 5. The first-order chi connectivity index (χ1) is 9.58. The molecule has 0 saturated heterocycles. The second-order valence-electron chi connectivity index (χ2n) is 4.30. The van der Waals surface area contributed by atoms with E-state index in [0.29, 0.717) is 11.6 Å². The number of ether oxygens (including phenoxy) is 1. The van der Waals surface area contributed by atoms with Crippen molar-refractivity contribution in [3.05, 3.63) is 51.2 Å². The molecule has 0 aliphatic rings. The van der Waals surface area contributed by atoms with Crippen molar-refractivity contribution < 1.29 is 14.6 Å². The zero-order valence-corrected chi connectivity index (χ0v) is 13.1. The van der Waals surface area contributed by atoms with Gasteiger partial charge in [-0.3, -0.25) is 0 Å². The van der Waals surface area contributed by atoms with Gasteiger partial charge in [0.1, 0.15) is 5.75 Å². The van der Waals surface area contributed by atoms with E-state index in [2.05, 4.69) is 27.6 Å². The number of benzene rings is 1. The summed E-state index contributed by atoms with van der Waals surface area (Å²) in [5.74, 6) is -0.0188. The Kier molecular flexibility index (Phi) is 4.94. The van der Waals surface area contributed by atoms with Crippen molar-refractivity contribution in [2.75, 3.05) is 0 Å². The molecule has 1 aromatic heterocycles. The van der Waals surface area contributed by atoms with Crippen LogP contribution in [0.5, 0.6) is 11.6 Å². The minimum Gasteiger partial charge on any atom is -0.478 e. The predicted molar refractivity (Wildman–Crippen MR) is 84.4 cm³/mol. The molecule has 2 aromatic rings. The zero-order valence-electron chi connectivity index (χ0n) is 11.0. The Morgan fingerprint density at radius 1 is 1.30 bits per heavy atom. The summed E-state index contributed by atoms with van der Waals surface area (Å²) in [6, 6.07) is 10.5.